The minimum absolute atomic E-state index is 0.00874. The number of aliphatic hydroxyl groups excluding tert-OH is 4. The fourth-order valence-electron chi connectivity index (χ4n) is 10.2. The van der Waals surface area contributed by atoms with Crippen molar-refractivity contribution in [1.82, 2.24) is 10.6 Å². The third-order valence-corrected chi connectivity index (χ3v) is 13.7. The molecule has 62 heavy (non-hydrogen) atoms. The maximum Gasteiger partial charge on any atom is 0.208 e. The summed E-state index contributed by atoms with van der Waals surface area (Å²) in [6.45, 7) is 6.33. The average Bonchev–Trinajstić information content (AvgIpc) is 4.00. The highest BCUT2D eigenvalue weighted by Gasteiger charge is 2.49. The summed E-state index contributed by atoms with van der Waals surface area (Å²) in [7, 11) is 1.69. The summed E-state index contributed by atoms with van der Waals surface area (Å²) >= 11 is 0. The van der Waals surface area contributed by atoms with Gasteiger partial charge in [0.05, 0.1) is 18.1 Å². The highest BCUT2D eigenvalue weighted by Crippen LogP contribution is 2.48. The number of aryl methyl sites for hydroxylation is 1. The number of nitrogens with one attached hydrogen (secondary N) is 2. The number of ether oxygens (including phenoxy) is 2. The lowest BCUT2D eigenvalue weighted by atomic mass is 9.77. The number of aromatic hydroxyl groups is 1. The zero-order chi connectivity index (χ0) is 44.4. The van der Waals surface area contributed by atoms with Crippen LogP contribution < -0.4 is 26.8 Å². The van der Waals surface area contributed by atoms with Crippen LogP contribution in [0.3, 0.4) is 0 Å². The van der Waals surface area contributed by atoms with Crippen LogP contribution >= 0.6 is 0 Å². The van der Waals surface area contributed by atoms with Gasteiger partial charge in [-0.15, -0.1) is 16.6 Å². The molecule has 1 aromatic rings. The van der Waals surface area contributed by atoms with E-state index in [9.17, 15) is 25.5 Å². The number of guanidine groups is 1. The second kappa shape index (κ2) is 25.9. The Morgan fingerprint density at radius 3 is 2.66 bits per heavy atom. The first kappa shape index (κ1) is 49.7. The lowest BCUT2D eigenvalue weighted by molar-refractivity contribution is -0.0553. The van der Waals surface area contributed by atoms with E-state index in [-0.39, 0.29) is 37.7 Å². The number of hydrogen-bond donors (Lipinski definition) is 9. The van der Waals surface area contributed by atoms with Gasteiger partial charge in [0, 0.05) is 58.8 Å². The summed E-state index contributed by atoms with van der Waals surface area (Å²) in [4.78, 5) is 8.91. The van der Waals surface area contributed by atoms with Crippen LogP contribution in [0.5, 0.6) is 11.5 Å². The number of aliphatic hydroxyl groups is 6. The van der Waals surface area contributed by atoms with Gasteiger partial charge >= 0.3 is 0 Å². The van der Waals surface area contributed by atoms with Gasteiger partial charge in [-0.1, -0.05) is 51.5 Å². The first-order chi connectivity index (χ1) is 30.0. The lowest BCUT2D eigenvalue weighted by Gasteiger charge is -2.26. The normalized spacial score (nSPS) is 23.8. The van der Waals surface area contributed by atoms with Crippen LogP contribution in [0.15, 0.2) is 51.6 Å². The number of aliphatic imine (C=N–C) groups is 2. The van der Waals surface area contributed by atoms with Gasteiger partial charge in [-0.2, -0.15) is 0 Å². The summed E-state index contributed by atoms with van der Waals surface area (Å²) in [5.41, 5.74) is 15.9. The van der Waals surface area contributed by atoms with Crippen molar-refractivity contribution in [2.24, 2.45) is 51.0 Å². The number of phenols is 1. The van der Waals surface area contributed by atoms with Crippen molar-refractivity contribution >= 4 is 11.7 Å². The molecule has 0 spiro atoms. The van der Waals surface area contributed by atoms with Crippen molar-refractivity contribution in [2.45, 2.75) is 147 Å². The summed E-state index contributed by atoms with van der Waals surface area (Å²) in [5.74, 6) is 4.67. The van der Waals surface area contributed by atoms with E-state index in [4.69, 9.17) is 25.9 Å². The molecule has 1 aromatic carbocycles. The quantitative estimate of drug-likeness (QED) is 0.0177. The number of benzene rings is 1. The van der Waals surface area contributed by atoms with Crippen LogP contribution in [0.4, 0.5) is 0 Å². The van der Waals surface area contributed by atoms with E-state index in [0.717, 1.165) is 113 Å². The molecular weight excluding hydrogens is 785 g/mol. The minimum atomic E-state index is -0.939. The molecular formula is C49H81N6O7+. The molecule has 2 fully saturated rings. The molecule has 2 heterocycles. The molecule has 4 aliphatic rings. The van der Waals surface area contributed by atoms with Crippen LogP contribution in [0, 0.1) is 41.6 Å². The van der Waals surface area contributed by atoms with Gasteiger partial charge in [-0.3, -0.25) is 4.99 Å². The zero-order valence-corrected chi connectivity index (χ0v) is 38.0. The smallest absolute Gasteiger partial charge is 0.208 e. The van der Waals surface area contributed by atoms with Gasteiger partial charge in [0.2, 0.25) is 5.70 Å². The molecule has 2 aliphatic carbocycles. The summed E-state index contributed by atoms with van der Waals surface area (Å²) in [6.07, 6.45) is 20.9. The molecule has 2 saturated carbocycles. The topological polar surface area (TPSA) is 224 Å². The zero-order valence-electron chi connectivity index (χ0n) is 38.0. The molecule has 0 aromatic heterocycles. The second-order valence-electron chi connectivity index (χ2n) is 18.8. The highest BCUT2D eigenvalue weighted by atomic mass is 16.5. The van der Waals surface area contributed by atoms with Gasteiger partial charge in [0.1, 0.15) is 30.4 Å². The molecule has 9 atom stereocenters. The molecule has 13 heteroatoms. The SMILES string of the molecule is CN=C(N)NCC(C)CCCC(CCCCC1[OH+][C-](CCc2ccc(O)c(OCC(O)C3=C[C+]4C(=N3)CCC3CCCC3C4CNCC(C)O)c2)C=C1CO)CC(N)CCCO. The third kappa shape index (κ3) is 15.5. The van der Waals surface area contributed by atoms with Gasteiger partial charge in [-0.25, -0.2) is 0 Å². The first-order valence-electron chi connectivity index (χ1n) is 23.9. The number of phenolic OH excluding ortho intramolecular Hbond substituents is 1. The molecule has 2 aliphatic heterocycles. The van der Waals surface area contributed by atoms with Gasteiger partial charge < -0.3 is 57.1 Å². The maximum atomic E-state index is 11.3. The number of allylic oxidation sites excluding steroid dienone is 1. The average molecular weight is 866 g/mol. The fourth-order valence-corrected chi connectivity index (χ4v) is 10.2. The minimum Gasteiger partial charge on any atom is -0.504 e. The molecule has 9 unspecified atom stereocenters. The molecule has 0 bridgehead atoms. The van der Waals surface area contributed by atoms with Crippen molar-refractivity contribution in [1.29, 1.82) is 0 Å². The Hall–Kier alpha value is -3.30. The summed E-state index contributed by atoms with van der Waals surface area (Å²) in [6, 6.07) is 5.47. The predicted molar refractivity (Wildman–Crippen MR) is 249 cm³/mol. The largest absolute Gasteiger partial charge is 0.504 e. The first-order valence-corrected chi connectivity index (χ1v) is 23.9. The lowest BCUT2D eigenvalue weighted by Crippen LogP contribution is -2.36. The Kier molecular flexibility index (Phi) is 20.7. The number of hydrogen-bond acceptors (Lipinski definition) is 10. The Morgan fingerprint density at radius 1 is 1.06 bits per heavy atom. The summed E-state index contributed by atoms with van der Waals surface area (Å²) in [5, 5.41) is 58.0. The van der Waals surface area contributed by atoms with E-state index in [2.05, 4.69) is 28.6 Å². The second-order valence-corrected chi connectivity index (χ2v) is 18.8. The standard InChI is InChI=1S/C49H80N6O7/c1-32(27-54-49(51)52-3)9-6-11-34(23-38(50)13-8-22-56)10-4-5-15-47-37(30-57)25-39(62-47)19-16-35-17-21-45(59)48(24-35)61-31-46(60)44-26-41-42(29-53-28-33(2)58)40-14-7-12-36(40)18-20-43(41)55-44/h17,21,24-26,32-34,36,38,40,42,46-47,53,56-58,60,62H,4-16,18-20,22-23,27-31,50H2,1-3H3,(H3-,51,52,54,59)/p+1. The molecule has 0 saturated heterocycles. The molecule has 13 nitrogen and oxygen atoms in total. The van der Waals surface area contributed by atoms with Crippen LogP contribution in [0.2, 0.25) is 0 Å². The molecule has 12 N–H and O–H groups in total. The van der Waals surface area contributed by atoms with E-state index in [1.54, 1.807) is 20.0 Å². The van der Waals surface area contributed by atoms with E-state index in [1.807, 2.05) is 18.2 Å². The van der Waals surface area contributed by atoms with Crippen LogP contribution in [-0.4, -0.2) is 113 Å². The number of rotatable bonds is 28. The Labute approximate surface area is 371 Å². The van der Waals surface area contributed by atoms with Crippen molar-refractivity contribution < 1.29 is 35.0 Å². The van der Waals surface area contributed by atoms with E-state index >= 15 is 0 Å². The molecule has 0 radical (unpaired) electrons. The van der Waals surface area contributed by atoms with Gasteiger partial charge in [0.15, 0.2) is 23.6 Å². The Morgan fingerprint density at radius 2 is 1.89 bits per heavy atom. The molecule has 348 valence electrons. The summed E-state index contributed by atoms with van der Waals surface area (Å²) < 4.78 is 11.1. The number of nitrogens with two attached hydrogens (primary N) is 2. The number of fused-ring (bicyclic) bond motifs is 2. The van der Waals surface area contributed by atoms with Crippen molar-refractivity contribution in [3.63, 3.8) is 0 Å². The van der Waals surface area contributed by atoms with E-state index in [1.165, 1.54) is 25.2 Å². The van der Waals surface area contributed by atoms with Crippen molar-refractivity contribution in [3.8, 4) is 11.5 Å². The fraction of sp³-hybridized carbons (Fsp3) is 0.714. The van der Waals surface area contributed by atoms with Crippen LogP contribution in [0.1, 0.15) is 122 Å². The van der Waals surface area contributed by atoms with Crippen LogP contribution in [-0.2, 0) is 6.42 Å². The van der Waals surface area contributed by atoms with Gasteiger partial charge in [0.25, 0.3) is 0 Å². The van der Waals surface area contributed by atoms with E-state index in [0.29, 0.717) is 66.4 Å². The Bertz CT molecular complexity index is 1620. The molecule has 5 rings (SSSR count). The predicted octanol–water partition coefficient (Wildman–Crippen LogP) is 5.14. The number of nitrogens with zero attached hydrogens (tertiary/aromatic N) is 2. The van der Waals surface area contributed by atoms with Crippen molar-refractivity contribution in [2.75, 3.05) is 46.5 Å². The Balaban J connectivity index is 1.07. The number of unbranched alkanes of at least 4 members (excludes halogenated alkanes) is 1. The molecule has 0 amide bonds. The van der Waals surface area contributed by atoms with E-state index < -0.39 is 12.2 Å². The monoisotopic (exact) mass is 866 g/mol. The van der Waals surface area contributed by atoms with Crippen LogP contribution in [0.25, 0.3) is 0 Å². The third-order valence-electron chi connectivity index (χ3n) is 13.7. The highest BCUT2D eigenvalue weighted by molar-refractivity contribution is 6.03. The maximum absolute atomic E-state index is 11.3. The van der Waals surface area contributed by atoms with Gasteiger partial charge in [-0.05, 0) is 106 Å². The van der Waals surface area contributed by atoms with Crippen molar-refractivity contribution in [3.05, 3.63) is 59.2 Å².